The largest absolute Gasteiger partial charge is 0.343 e. The van der Waals surface area contributed by atoms with Crippen molar-refractivity contribution in [3.05, 3.63) is 157 Å². The Morgan fingerprint density at radius 1 is 0.455 bits per heavy atom. The molecule has 0 aromatic heterocycles. The molecule has 0 saturated heterocycles. The molecule has 0 spiro atoms. The quantitative estimate of drug-likeness (QED) is 0.175. The minimum absolute atomic E-state index is 0.175. The molecule has 2 N–H and O–H groups in total. The molecule has 6 rings (SSSR count). The maximum atomic E-state index is 6.12. The molecular weight excluding hydrogens is 577 g/mol. The van der Waals surface area contributed by atoms with Gasteiger partial charge in [-0.3, -0.25) is 0 Å². The first-order chi connectivity index (χ1) is 21.5. The van der Waals surface area contributed by atoms with E-state index in [1.165, 1.54) is 0 Å². The molecule has 0 saturated carbocycles. The third-order valence-corrected chi connectivity index (χ3v) is 8.90. The number of nitrogens with zero attached hydrogens (tertiary/aromatic N) is 2. The molecule has 44 heavy (non-hydrogen) atoms. The lowest BCUT2D eigenvalue weighted by molar-refractivity contribution is 0.221. The normalized spacial score (nSPS) is 12.3. The third-order valence-electron chi connectivity index (χ3n) is 8.12. The Morgan fingerprint density at radius 2 is 0.795 bits per heavy atom. The number of rotatable bonds is 7. The van der Waals surface area contributed by atoms with E-state index in [4.69, 9.17) is 24.4 Å². The van der Waals surface area contributed by atoms with Crippen LogP contribution in [0.3, 0.4) is 0 Å². The van der Waals surface area contributed by atoms with Crippen LogP contribution in [0.1, 0.15) is 23.2 Å². The van der Waals surface area contributed by atoms with Crippen molar-refractivity contribution in [2.75, 3.05) is 24.7 Å². The number of nitrogens with one attached hydrogen (secondary N) is 2. The Hall–Kier alpha value is -4.78. The summed E-state index contributed by atoms with van der Waals surface area (Å²) >= 11 is 12.2. The van der Waals surface area contributed by atoms with Gasteiger partial charge in [-0.25, -0.2) is 0 Å². The van der Waals surface area contributed by atoms with E-state index in [1.807, 2.05) is 12.1 Å². The van der Waals surface area contributed by atoms with E-state index in [-0.39, 0.29) is 12.1 Å². The van der Waals surface area contributed by atoms with Gasteiger partial charge >= 0.3 is 0 Å². The van der Waals surface area contributed by atoms with Gasteiger partial charge in [0.2, 0.25) is 0 Å². The summed E-state index contributed by atoms with van der Waals surface area (Å²) in [5, 5.41) is 12.9. The zero-order valence-electron chi connectivity index (χ0n) is 24.7. The van der Waals surface area contributed by atoms with Crippen molar-refractivity contribution in [2.24, 2.45) is 0 Å². The van der Waals surface area contributed by atoms with E-state index in [9.17, 15) is 0 Å². The molecular formula is C38H34N4S2. The van der Waals surface area contributed by atoms with Crippen molar-refractivity contribution in [3.8, 4) is 0 Å². The predicted octanol–water partition coefficient (Wildman–Crippen LogP) is 9.43. The van der Waals surface area contributed by atoms with Gasteiger partial charge in [-0.15, -0.1) is 0 Å². The molecule has 6 aromatic carbocycles. The molecule has 0 unspecified atom stereocenters. The highest BCUT2D eigenvalue weighted by molar-refractivity contribution is 7.80. The molecule has 0 fully saturated rings. The maximum absolute atomic E-state index is 6.12. The second-order valence-electron chi connectivity index (χ2n) is 10.8. The Bertz CT molecular complexity index is 1760. The van der Waals surface area contributed by atoms with Crippen LogP contribution in [0.2, 0.25) is 0 Å². The van der Waals surface area contributed by atoms with Crippen molar-refractivity contribution < 1.29 is 0 Å². The number of hydrogen-bond acceptors (Lipinski definition) is 2. The molecule has 2 atom stereocenters. The van der Waals surface area contributed by atoms with Gasteiger partial charge in [0.25, 0.3) is 0 Å². The second kappa shape index (κ2) is 13.2. The molecule has 0 heterocycles. The van der Waals surface area contributed by atoms with E-state index < -0.39 is 0 Å². The monoisotopic (exact) mass is 610 g/mol. The van der Waals surface area contributed by atoms with Gasteiger partial charge in [-0.1, -0.05) is 133 Å². The smallest absolute Gasteiger partial charge is 0.173 e. The summed E-state index contributed by atoms with van der Waals surface area (Å²) in [7, 11) is 4.12. The van der Waals surface area contributed by atoms with Crippen molar-refractivity contribution in [1.29, 1.82) is 0 Å². The Morgan fingerprint density at radius 3 is 1.20 bits per heavy atom. The lowest BCUT2D eigenvalue weighted by Gasteiger charge is -2.42. The van der Waals surface area contributed by atoms with Gasteiger partial charge in [0.15, 0.2) is 10.2 Å². The summed E-state index contributed by atoms with van der Waals surface area (Å²) in [6, 6.07) is 49.8. The standard InChI is InChI=1S/C38H34N4S2/c1-41(37(43)39-33-25-13-21-27-15-9-11-23-31(27)33)35(29-17-5-3-6-18-29)36(30-19-7-4-8-20-30)42(2)38(44)40-34-26-14-22-28-16-10-12-24-32(28)34/h3-26,35-36H,1-2H3,(H,39,43)(H,40,44)/t35-,36-/m1/s1. The first-order valence-corrected chi connectivity index (χ1v) is 15.5. The van der Waals surface area contributed by atoms with Crippen molar-refractivity contribution in [1.82, 2.24) is 9.80 Å². The molecule has 0 amide bonds. The second-order valence-corrected chi connectivity index (χ2v) is 11.6. The summed E-state index contributed by atoms with van der Waals surface area (Å²) in [5.74, 6) is 0. The van der Waals surface area contributed by atoms with E-state index in [1.54, 1.807) is 0 Å². The average Bonchev–Trinajstić information content (AvgIpc) is 3.07. The number of thiocarbonyl (C=S) groups is 2. The summed E-state index contributed by atoms with van der Waals surface area (Å²) in [6.45, 7) is 0. The molecule has 0 bridgehead atoms. The number of hydrogen-bond donors (Lipinski definition) is 2. The SMILES string of the molecule is CN(C(=S)Nc1cccc2ccccc12)[C@H](c1ccccc1)[C@@H](c1ccccc1)N(C)C(=S)Nc1cccc2ccccc12. The zero-order valence-corrected chi connectivity index (χ0v) is 26.4. The van der Waals surface area contributed by atoms with Crippen LogP contribution >= 0.6 is 24.4 Å². The summed E-state index contributed by atoms with van der Waals surface area (Å²) < 4.78 is 0. The van der Waals surface area contributed by atoms with Crippen LogP contribution in [-0.2, 0) is 0 Å². The van der Waals surface area contributed by atoms with Crippen molar-refractivity contribution >= 4 is 67.6 Å². The third kappa shape index (κ3) is 6.13. The average molecular weight is 611 g/mol. The lowest BCUT2D eigenvalue weighted by atomic mass is 9.91. The van der Waals surface area contributed by atoms with Gasteiger partial charge in [-0.05, 0) is 58.5 Å². The van der Waals surface area contributed by atoms with Crippen LogP contribution in [0.25, 0.3) is 21.5 Å². The molecule has 218 valence electrons. The Balaban J connectivity index is 1.38. The first kappa shape index (κ1) is 29.3. The minimum Gasteiger partial charge on any atom is -0.343 e. The minimum atomic E-state index is -0.175. The van der Waals surface area contributed by atoms with Gasteiger partial charge in [0, 0.05) is 36.2 Å². The fourth-order valence-corrected chi connectivity index (χ4v) is 6.31. The topological polar surface area (TPSA) is 30.5 Å². The van der Waals surface area contributed by atoms with E-state index >= 15 is 0 Å². The number of benzene rings is 6. The molecule has 0 aliphatic rings. The lowest BCUT2D eigenvalue weighted by Crippen LogP contribution is -2.45. The van der Waals surface area contributed by atoms with Gasteiger partial charge < -0.3 is 20.4 Å². The highest BCUT2D eigenvalue weighted by atomic mass is 32.1. The van der Waals surface area contributed by atoms with Crippen LogP contribution < -0.4 is 10.6 Å². The Labute approximate surface area is 269 Å². The van der Waals surface area contributed by atoms with Crippen LogP contribution in [0.15, 0.2) is 146 Å². The molecule has 4 nitrogen and oxygen atoms in total. The summed E-state index contributed by atoms with van der Waals surface area (Å²) in [5.41, 5.74) is 4.21. The highest BCUT2D eigenvalue weighted by Crippen LogP contribution is 2.39. The van der Waals surface area contributed by atoms with E-state index in [0.717, 1.165) is 44.0 Å². The molecule has 6 heteroatoms. The maximum Gasteiger partial charge on any atom is 0.173 e. The predicted molar refractivity (Wildman–Crippen MR) is 194 cm³/mol. The molecule has 0 radical (unpaired) electrons. The summed E-state index contributed by atoms with van der Waals surface area (Å²) in [4.78, 5) is 4.31. The van der Waals surface area contributed by atoms with E-state index in [0.29, 0.717) is 10.2 Å². The number of likely N-dealkylation sites (N-methyl/N-ethyl adjacent to an activating group) is 2. The first-order valence-electron chi connectivity index (χ1n) is 14.6. The number of fused-ring (bicyclic) bond motifs is 2. The fourth-order valence-electron chi connectivity index (χ4n) is 5.86. The van der Waals surface area contributed by atoms with Crippen LogP contribution in [0.4, 0.5) is 11.4 Å². The van der Waals surface area contributed by atoms with Crippen molar-refractivity contribution in [2.45, 2.75) is 12.1 Å². The highest BCUT2D eigenvalue weighted by Gasteiger charge is 2.34. The summed E-state index contributed by atoms with van der Waals surface area (Å²) in [6.07, 6.45) is 0. The molecule has 0 aliphatic carbocycles. The van der Waals surface area contributed by atoms with Gasteiger partial charge in [0.1, 0.15) is 0 Å². The van der Waals surface area contributed by atoms with Crippen molar-refractivity contribution in [3.63, 3.8) is 0 Å². The fraction of sp³-hybridized carbons (Fsp3) is 0.105. The number of anilines is 2. The van der Waals surface area contributed by atoms with Crippen LogP contribution in [0.5, 0.6) is 0 Å². The van der Waals surface area contributed by atoms with E-state index in [2.05, 4.69) is 168 Å². The zero-order chi connectivity index (χ0) is 30.5. The van der Waals surface area contributed by atoms with Crippen LogP contribution in [0, 0.1) is 0 Å². The molecule has 0 aliphatic heterocycles. The Kier molecular flexibility index (Phi) is 8.82. The van der Waals surface area contributed by atoms with Crippen LogP contribution in [-0.4, -0.2) is 34.1 Å². The van der Waals surface area contributed by atoms with Gasteiger partial charge in [0.05, 0.1) is 12.1 Å². The molecule has 6 aromatic rings. The van der Waals surface area contributed by atoms with Gasteiger partial charge in [-0.2, -0.15) is 0 Å².